The second-order valence-corrected chi connectivity index (χ2v) is 7.88. The maximum atomic E-state index is 12.6. The van der Waals surface area contributed by atoms with Crippen LogP contribution in [0.25, 0.3) is 10.9 Å². The zero-order valence-corrected chi connectivity index (χ0v) is 16.8. The van der Waals surface area contributed by atoms with Gasteiger partial charge in [0.1, 0.15) is 6.04 Å². The molecule has 1 aromatic heterocycles. The first-order valence-electron chi connectivity index (χ1n) is 9.96. The third-order valence-electron chi connectivity index (χ3n) is 5.12. The van der Waals surface area contributed by atoms with Crippen molar-refractivity contribution in [3.05, 3.63) is 36.0 Å². The highest BCUT2D eigenvalue weighted by Gasteiger charge is 2.39. The van der Waals surface area contributed by atoms with E-state index in [0.29, 0.717) is 18.8 Å². The van der Waals surface area contributed by atoms with Crippen molar-refractivity contribution in [3.8, 4) is 0 Å². The molecule has 4 N–H and O–H groups in total. The number of urea groups is 1. The van der Waals surface area contributed by atoms with Gasteiger partial charge >= 0.3 is 6.03 Å². The quantitative estimate of drug-likeness (QED) is 0.478. The molecule has 8 nitrogen and oxygen atoms in total. The van der Waals surface area contributed by atoms with E-state index in [2.05, 4.69) is 15.6 Å². The molecule has 2 aromatic rings. The number of nitrogens with zero attached hydrogens (tertiary/aromatic N) is 1. The van der Waals surface area contributed by atoms with Gasteiger partial charge < -0.3 is 20.7 Å². The minimum absolute atomic E-state index is 0.136. The lowest BCUT2D eigenvalue weighted by Crippen LogP contribution is -2.42. The van der Waals surface area contributed by atoms with Crippen molar-refractivity contribution in [1.82, 2.24) is 20.5 Å². The van der Waals surface area contributed by atoms with Gasteiger partial charge in [-0.05, 0) is 30.4 Å². The van der Waals surface area contributed by atoms with Crippen LogP contribution < -0.4 is 10.6 Å². The fraction of sp³-hybridized carbons (Fsp3) is 0.476. The van der Waals surface area contributed by atoms with Crippen LogP contribution in [-0.4, -0.2) is 58.1 Å². The predicted octanol–water partition coefficient (Wildman–Crippen LogP) is 1.54. The Kier molecular flexibility index (Phi) is 6.53. The summed E-state index contributed by atoms with van der Waals surface area (Å²) in [5, 5.41) is 15.8. The van der Waals surface area contributed by atoms with Gasteiger partial charge in [-0.25, -0.2) is 4.79 Å². The molecule has 8 heteroatoms. The Morgan fingerprint density at radius 2 is 2.03 bits per heavy atom. The molecule has 156 valence electrons. The third kappa shape index (κ3) is 4.95. The number of hydrogen-bond donors (Lipinski definition) is 4. The van der Waals surface area contributed by atoms with Crippen molar-refractivity contribution in [2.45, 2.75) is 45.2 Å². The second-order valence-electron chi connectivity index (χ2n) is 7.88. The summed E-state index contributed by atoms with van der Waals surface area (Å²) in [4.78, 5) is 41.4. The number of carbonyl (C=O) groups is 3. The molecule has 0 unspecified atom stereocenters. The number of aliphatic hydroxyl groups excluding tert-OH is 1. The molecule has 1 fully saturated rings. The molecule has 0 saturated carbocycles. The number of hydrogen-bond acceptors (Lipinski definition) is 4. The van der Waals surface area contributed by atoms with Crippen LogP contribution in [0.3, 0.4) is 0 Å². The van der Waals surface area contributed by atoms with Crippen LogP contribution in [0.4, 0.5) is 4.79 Å². The predicted molar refractivity (Wildman–Crippen MR) is 109 cm³/mol. The molecule has 0 bridgehead atoms. The highest BCUT2D eigenvalue weighted by atomic mass is 16.3. The summed E-state index contributed by atoms with van der Waals surface area (Å²) in [7, 11) is 0. The fourth-order valence-corrected chi connectivity index (χ4v) is 3.72. The number of aromatic amines is 1. The van der Waals surface area contributed by atoms with E-state index in [1.807, 2.05) is 44.3 Å². The molecule has 0 spiro atoms. The number of H-pyrrole nitrogens is 1. The molecule has 29 heavy (non-hydrogen) atoms. The van der Waals surface area contributed by atoms with Crippen molar-refractivity contribution in [1.29, 1.82) is 0 Å². The number of carbonyl (C=O) groups excluding carboxylic acids is 3. The molecule has 0 radical (unpaired) electrons. The zero-order chi connectivity index (χ0) is 21.0. The van der Waals surface area contributed by atoms with E-state index < -0.39 is 18.0 Å². The maximum Gasteiger partial charge on any atom is 0.324 e. The summed E-state index contributed by atoms with van der Waals surface area (Å²) in [6.07, 6.45) is 2.92. The van der Waals surface area contributed by atoms with Crippen molar-refractivity contribution in [2.75, 3.05) is 13.2 Å². The minimum atomic E-state index is -0.871. The van der Waals surface area contributed by atoms with E-state index in [1.54, 1.807) is 0 Å². The fourth-order valence-electron chi connectivity index (χ4n) is 3.72. The van der Waals surface area contributed by atoms with Crippen LogP contribution in [0.2, 0.25) is 0 Å². The third-order valence-corrected chi connectivity index (χ3v) is 5.12. The summed E-state index contributed by atoms with van der Waals surface area (Å²) in [5.41, 5.74) is 2.04. The van der Waals surface area contributed by atoms with Crippen LogP contribution in [-0.2, 0) is 16.0 Å². The van der Waals surface area contributed by atoms with Crippen LogP contribution in [0, 0.1) is 5.92 Å². The average molecular weight is 400 g/mol. The Bertz CT molecular complexity index is 892. The van der Waals surface area contributed by atoms with Gasteiger partial charge in [0.2, 0.25) is 5.91 Å². The Morgan fingerprint density at radius 3 is 2.76 bits per heavy atom. The Balaban J connectivity index is 1.56. The van der Waals surface area contributed by atoms with Crippen molar-refractivity contribution >= 4 is 28.7 Å². The lowest BCUT2D eigenvalue weighted by Gasteiger charge is -2.19. The molecule has 2 heterocycles. The highest BCUT2D eigenvalue weighted by molar-refractivity contribution is 6.05. The van der Waals surface area contributed by atoms with Crippen LogP contribution >= 0.6 is 0 Å². The SMILES string of the molecule is CC(C)C[C@@H](CO)NC(=O)C[C@@H]1NC(=O)N(CCc2c[nH]c3ccccc23)C1=O. The van der Waals surface area contributed by atoms with Gasteiger partial charge in [-0.2, -0.15) is 0 Å². The molecule has 2 atom stereocenters. The molecule has 1 saturated heterocycles. The van der Waals surface area contributed by atoms with Crippen LogP contribution in [0.15, 0.2) is 30.5 Å². The van der Waals surface area contributed by atoms with Gasteiger partial charge in [0.25, 0.3) is 5.91 Å². The molecule has 0 aliphatic carbocycles. The van der Waals surface area contributed by atoms with E-state index in [0.717, 1.165) is 21.4 Å². The van der Waals surface area contributed by atoms with E-state index in [1.165, 1.54) is 0 Å². The summed E-state index contributed by atoms with van der Waals surface area (Å²) < 4.78 is 0. The number of fused-ring (bicyclic) bond motifs is 1. The van der Waals surface area contributed by atoms with Gasteiger partial charge in [-0.3, -0.25) is 14.5 Å². The van der Waals surface area contributed by atoms with E-state index in [4.69, 9.17) is 0 Å². The van der Waals surface area contributed by atoms with Gasteiger partial charge in [-0.1, -0.05) is 32.0 Å². The Hall–Kier alpha value is -2.87. The number of imide groups is 1. The normalized spacial score (nSPS) is 17.8. The Labute approximate surface area is 169 Å². The minimum Gasteiger partial charge on any atom is -0.394 e. The monoisotopic (exact) mass is 400 g/mol. The largest absolute Gasteiger partial charge is 0.394 e. The van der Waals surface area contributed by atoms with Crippen molar-refractivity contribution in [2.24, 2.45) is 5.92 Å². The summed E-state index contributed by atoms with van der Waals surface area (Å²) in [6, 6.07) is 6.15. The van der Waals surface area contributed by atoms with E-state index >= 15 is 0 Å². The van der Waals surface area contributed by atoms with E-state index in [9.17, 15) is 19.5 Å². The van der Waals surface area contributed by atoms with Crippen molar-refractivity contribution < 1.29 is 19.5 Å². The molecule has 4 amide bonds. The van der Waals surface area contributed by atoms with Gasteiger partial charge in [0.05, 0.1) is 19.1 Å². The zero-order valence-electron chi connectivity index (χ0n) is 16.8. The summed E-state index contributed by atoms with van der Waals surface area (Å²) in [5.74, 6) is -0.434. The number of aromatic nitrogens is 1. The van der Waals surface area contributed by atoms with Crippen LogP contribution in [0.5, 0.6) is 0 Å². The highest BCUT2D eigenvalue weighted by Crippen LogP contribution is 2.19. The van der Waals surface area contributed by atoms with Crippen molar-refractivity contribution in [3.63, 3.8) is 0 Å². The van der Waals surface area contributed by atoms with Gasteiger partial charge in [0, 0.05) is 23.6 Å². The number of nitrogens with one attached hydrogen (secondary N) is 3. The molecular formula is C21H28N4O4. The Morgan fingerprint density at radius 1 is 1.28 bits per heavy atom. The number of benzene rings is 1. The number of aliphatic hydroxyl groups is 1. The number of para-hydroxylation sites is 1. The lowest BCUT2D eigenvalue weighted by molar-refractivity contribution is -0.131. The van der Waals surface area contributed by atoms with E-state index in [-0.39, 0.29) is 31.5 Å². The average Bonchev–Trinajstić information content (AvgIpc) is 3.20. The topological polar surface area (TPSA) is 115 Å². The van der Waals surface area contributed by atoms with Gasteiger partial charge in [-0.15, -0.1) is 0 Å². The number of rotatable bonds is 9. The standard InChI is InChI=1S/C21H28N4O4/c1-13(2)9-15(12-26)23-19(27)10-18-20(28)25(21(29)24-18)8-7-14-11-22-17-6-4-3-5-16(14)17/h3-6,11,13,15,18,22,26H,7-10,12H2,1-2H3,(H,23,27)(H,24,29)/t15-,18-/m0/s1. The molecule has 1 aliphatic heterocycles. The first kappa shape index (κ1) is 20.9. The second kappa shape index (κ2) is 9.09. The number of amides is 4. The molecule has 1 aliphatic rings. The first-order valence-corrected chi connectivity index (χ1v) is 9.96. The molecule has 3 rings (SSSR count). The molecule has 1 aromatic carbocycles. The molecular weight excluding hydrogens is 372 g/mol. The van der Waals surface area contributed by atoms with Crippen LogP contribution in [0.1, 0.15) is 32.3 Å². The summed E-state index contributed by atoms with van der Waals surface area (Å²) in [6.45, 7) is 4.09. The lowest BCUT2D eigenvalue weighted by atomic mass is 10.0. The maximum absolute atomic E-state index is 12.6. The van der Waals surface area contributed by atoms with Gasteiger partial charge in [0.15, 0.2) is 0 Å². The summed E-state index contributed by atoms with van der Waals surface area (Å²) >= 11 is 0. The smallest absolute Gasteiger partial charge is 0.324 e. The first-order chi connectivity index (χ1) is 13.9.